The van der Waals surface area contributed by atoms with Crippen molar-refractivity contribution in [2.45, 2.75) is 0 Å². The van der Waals surface area contributed by atoms with Crippen LogP contribution in [0.15, 0.2) is 24.8 Å². The molecule has 0 aliphatic carbocycles. The van der Waals surface area contributed by atoms with E-state index in [1.54, 1.807) is 6.07 Å². The van der Waals surface area contributed by atoms with Crippen molar-refractivity contribution in [3.63, 3.8) is 0 Å². The van der Waals surface area contributed by atoms with Gasteiger partial charge in [0.2, 0.25) is 5.95 Å². The topological polar surface area (TPSA) is 92.8 Å². The molecule has 0 aliphatic rings. The Morgan fingerprint density at radius 3 is 3.12 bits per heavy atom. The lowest BCUT2D eigenvalue weighted by Gasteiger charge is -2.06. The van der Waals surface area contributed by atoms with E-state index in [2.05, 4.69) is 25.5 Å². The highest BCUT2D eigenvalue weighted by molar-refractivity contribution is 6.05. The zero-order chi connectivity index (χ0) is 11.4. The Labute approximate surface area is 90.9 Å². The van der Waals surface area contributed by atoms with Gasteiger partial charge in [0.1, 0.15) is 12.1 Å². The Bertz CT molecular complexity index is 482. The van der Waals surface area contributed by atoms with Crippen molar-refractivity contribution < 1.29 is 9.53 Å². The van der Waals surface area contributed by atoms with Crippen LogP contribution in [0.5, 0.6) is 5.75 Å². The highest BCUT2D eigenvalue weighted by atomic mass is 16.5. The maximum atomic E-state index is 11.8. The number of hydrogen-bond acceptors (Lipinski definition) is 5. The summed E-state index contributed by atoms with van der Waals surface area (Å²) < 4.78 is 5.02. The third-order valence-corrected chi connectivity index (χ3v) is 1.90. The Kier molecular flexibility index (Phi) is 2.77. The van der Waals surface area contributed by atoms with E-state index in [1.165, 1.54) is 25.8 Å². The second-order valence-corrected chi connectivity index (χ2v) is 2.86. The van der Waals surface area contributed by atoms with E-state index in [-0.39, 0.29) is 11.9 Å². The summed E-state index contributed by atoms with van der Waals surface area (Å²) in [6.07, 6.45) is 4.28. The molecule has 7 heteroatoms. The van der Waals surface area contributed by atoms with Crippen LogP contribution in [0.1, 0.15) is 10.4 Å². The van der Waals surface area contributed by atoms with E-state index in [1.807, 2.05) is 0 Å². The molecule has 16 heavy (non-hydrogen) atoms. The summed E-state index contributed by atoms with van der Waals surface area (Å²) in [5.41, 5.74) is 0.383. The van der Waals surface area contributed by atoms with Crippen molar-refractivity contribution >= 4 is 11.9 Å². The minimum atomic E-state index is -0.337. The summed E-state index contributed by atoms with van der Waals surface area (Å²) >= 11 is 0. The van der Waals surface area contributed by atoms with Gasteiger partial charge in [-0.15, -0.1) is 0 Å². The second-order valence-electron chi connectivity index (χ2n) is 2.86. The molecule has 2 N–H and O–H groups in total. The maximum absolute atomic E-state index is 11.8. The smallest absolute Gasteiger partial charge is 0.261 e. The monoisotopic (exact) mass is 219 g/mol. The number of carbonyl (C=O) groups is 1. The normalized spacial score (nSPS) is 9.81. The Hall–Kier alpha value is -2.44. The first-order chi connectivity index (χ1) is 7.81. The van der Waals surface area contributed by atoms with E-state index in [4.69, 9.17) is 4.74 Å². The van der Waals surface area contributed by atoms with Crippen molar-refractivity contribution in [1.29, 1.82) is 0 Å². The third-order valence-electron chi connectivity index (χ3n) is 1.90. The summed E-state index contributed by atoms with van der Waals surface area (Å²) in [6.45, 7) is 0. The molecule has 2 aromatic rings. The average Bonchev–Trinajstić information content (AvgIpc) is 2.81. The summed E-state index contributed by atoms with van der Waals surface area (Å²) in [4.78, 5) is 19.4. The molecule has 0 saturated heterocycles. The molecule has 82 valence electrons. The number of nitrogens with zero attached hydrogens (tertiary/aromatic N) is 3. The van der Waals surface area contributed by atoms with Gasteiger partial charge in [-0.25, -0.2) is 5.10 Å². The van der Waals surface area contributed by atoms with Crippen molar-refractivity contribution in [2.24, 2.45) is 0 Å². The molecule has 2 rings (SSSR count). The van der Waals surface area contributed by atoms with Gasteiger partial charge in [-0.3, -0.25) is 15.1 Å². The van der Waals surface area contributed by atoms with Crippen molar-refractivity contribution in [1.82, 2.24) is 20.2 Å². The number of methoxy groups -OCH3 is 1. The predicted octanol–water partition coefficient (Wildman–Crippen LogP) is 0.461. The number of amides is 1. The number of carbonyl (C=O) groups excluding carboxylic acids is 1. The fourth-order valence-corrected chi connectivity index (χ4v) is 1.17. The van der Waals surface area contributed by atoms with E-state index in [0.29, 0.717) is 11.3 Å². The molecule has 0 saturated carbocycles. The number of aromatic amines is 1. The molecule has 0 bridgehead atoms. The van der Waals surface area contributed by atoms with Crippen LogP contribution in [0.25, 0.3) is 0 Å². The van der Waals surface area contributed by atoms with Gasteiger partial charge in [-0.05, 0) is 6.07 Å². The fraction of sp³-hybridized carbons (Fsp3) is 0.111. The number of hydrogen-bond donors (Lipinski definition) is 2. The predicted molar refractivity (Wildman–Crippen MR) is 55.1 cm³/mol. The van der Waals surface area contributed by atoms with Crippen molar-refractivity contribution in [2.75, 3.05) is 12.4 Å². The molecule has 0 aliphatic heterocycles. The van der Waals surface area contributed by atoms with E-state index in [0.717, 1.165) is 0 Å². The molecule has 0 unspecified atom stereocenters. The minimum absolute atomic E-state index is 0.281. The standard InChI is InChI=1S/C9H9N5O2/c1-16-7-4-10-3-2-6(7)8(15)13-9-11-5-12-14-9/h2-5H,1H3,(H2,11,12,13,14,15). The lowest BCUT2D eigenvalue weighted by Crippen LogP contribution is -2.14. The van der Waals surface area contributed by atoms with Crippen LogP contribution < -0.4 is 10.1 Å². The Morgan fingerprint density at radius 1 is 1.56 bits per heavy atom. The van der Waals surface area contributed by atoms with Crippen LogP contribution in [0.4, 0.5) is 5.95 Å². The number of nitrogens with one attached hydrogen (secondary N) is 2. The molecular weight excluding hydrogens is 210 g/mol. The molecule has 0 aromatic carbocycles. The summed E-state index contributed by atoms with van der Waals surface area (Å²) in [6, 6.07) is 1.56. The number of ether oxygens (including phenoxy) is 1. The van der Waals surface area contributed by atoms with Crippen LogP contribution in [0.3, 0.4) is 0 Å². The fourth-order valence-electron chi connectivity index (χ4n) is 1.17. The molecule has 7 nitrogen and oxygen atoms in total. The molecule has 2 heterocycles. The third kappa shape index (κ3) is 1.97. The number of rotatable bonds is 3. The summed E-state index contributed by atoms with van der Waals surface area (Å²) in [5, 5.41) is 8.68. The van der Waals surface area contributed by atoms with E-state index >= 15 is 0 Å². The zero-order valence-corrected chi connectivity index (χ0v) is 8.47. The molecule has 0 spiro atoms. The summed E-state index contributed by atoms with van der Waals surface area (Å²) in [7, 11) is 1.47. The zero-order valence-electron chi connectivity index (χ0n) is 8.47. The highest BCUT2D eigenvalue weighted by Crippen LogP contribution is 2.16. The van der Waals surface area contributed by atoms with Gasteiger partial charge in [0.05, 0.1) is 18.9 Å². The first-order valence-corrected chi connectivity index (χ1v) is 4.46. The molecule has 2 aromatic heterocycles. The molecule has 0 radical (unpaired) electrons. The van der Waals surface area contributed by atoms with E-state index < -0.39 is 0 Å². The average molecular weight is 219 g/mol. The SMILES string of the molecule is COc1cnccc1C(=O)Nc1ncn[nH]1. The largest absolute Gasteiger partial charge is 0.494 e. The minimum Gasteiger partial charge on any atom is -0.494 e. The Balaban J connectivity index is 2.21. The highest BCUT2D eigenvalue weighted by Gasteiger charge is 2.12. The lowest BCUT2D eigenvalue weighted by molar-refractivity contribution is 0.102. The second kappa shape index (κ2) is 4.39. The number of H-pyrrole nitrogens is 1. The first kappa shape index (κ1) is 10.1. The molecular formula is C9H9N5O2. The van der Waals surface area contributed by atoms with Crippen molar-refractivity contribution in [3.05, 3.63) is 30.4 Å². The van der Waals surface area contributed by atoms with Gasteiger partial charge in [0.15, 0.2) is 0 Å². The van der Waals surface area contributed by atoms with Gasteiger partial charge < -0.3 is 4.74 Å². The van der Waals surface area contributed by atoms with Gasteiger partial charge in [-0.1, -0.05) is 0 Å². The quantitative estimate of drug-likeness (QED) is 0.782. The van der Waals surface area contributed by atoms with Crippen LogP contribution in [0.2, 0.25) is 0 Å². The molecule has 0 fully saturated rings. The van der Waals surface area contributed by atoms with Crippen LogP contribution in [-0.2, 0) is 0 Å². The lowest BCUT2D eigenvalue weighted by atomic mass is 10.2. The van der Waals surface area contributed by atoms with Crippen LogP contribution in [-0.4, -0.2) is 33.2 Å². The first-order valence-electron chi connectivity index (χ1n) is 4.46. The van der Waals surface area contributed by atoms with E-state index in [9.17, 15) is 4.79 Å². The summed E-state index contributed by atoms with van der Waals surface area (Å²) in [5.74, 6) is 0.347. The van der Waals surface area contributed by atoms with Gasteiger partial charge in [-0.2, -0.15) is 10.1 Å². The van der Waals surface area contributed by atoms with Gasteiger partial charge >= 0.3 is 0 Å². The molecule has 1 amide bonds. The van der Waals surface area contributed by atoms with Gasteiger partial charge in [0, 0.05) is 6.20 Å². The number of aromatic nitrogens is 4. The number of anilines is 1. The van der Waals surface area contributed by atoms with Crippen LogP contribution >= 0.6 is 0 Å². The Morgan fingerprint density at radius 2 is 2.44 bits per heavy atom. The van der Waals surface area contributed by atoms with Gasteiger partial charge in [0.25, 0.3) is 5.91 Å². The van der Waals surface area contributed by atoms with Crippen LogP contribution in [0, 0.1) is 0 Å². The molecule has 0 atom stereocenters. The van der Waals surface area contributed by atoms with Crippen molar-refractivity contribution in [3.8, 4) is 5.75 Å². The number of pyridine rings is 1. The maximum Gasteiger partial charge on any atom is 0.261 e.